The van der Waals surface area contributed by atoms with Gasteiger partial charge in [-0.15, -0.1) is 0 Å². The summed E-state index contributed by atoms with van der Waals surface area (Å²) < 4.78 is 37.5. The molecule has 9 heteroatoms. The summed E-state index contributed by atoms with van der Waals surface area (Å²) in [6, 6.07) is 1.76. The van der Waals surface area contributed by atoms with Crippen molar-refractivity contribution in [3.8, 4) is 0 Å². The van der Waals surface area contributed by atoms with Crippen molar-refractivity contribution in [1.29, 1.82) is 0 Å². The van der Waals surface area contributed by atoms with Gasteiger partial charge in [0.2, 0.25) is 10.0 Å². The molecule has 2 aromatic rings. The van der Waals surface area contributed by atoms with Gasteiger partial charge in [-0.2, -0.15) is 14.5 Å². The van der Waals surface area contributed by atoms with Crippen LogP contribution in [0.1, 0.15) is 36.0 Å². The Morgan fingerprint density at radius 1 is 1.27 bits per heavy atom. The molecule has 2 aliphatic rings. The van der Waals surface area contributed by atoms with E-state index in [9.17, 15) is 8.42 Å². The van der Waals surface area contributed by atoms with E-state index < -0.39 is 10.0 Å². The van der Waals surface area contributed by atoms with Gasteiger partial charge in [0.25, 0.3) is 0 Å². The van der Waals surface area contributed by atoms with Crippen LogP contribution in [0.15, 0.2) is 17.2 Å². The molecule has 0 radical (unpaired) electrons. The molecule has 2 aromatic heterocycles. The molecule has 1 aliphatic heterocycles. The average Bonchev–Trinajstić information content (AvgIpc) is 3.20. The molecular formula is C17H25N5O3S. The van der Waals surface area contributed by atoms with Gasteiger partial charge < -0.3 is 4.74 Å². The maximum atomic E-state index is 13.3. The van der Waals surface area contributed by atoms with Crippen LogP contribution in [0.4, 0.5) is 0 Å². The number of aryl methyl sites for hydroxylation is 2. The highest BCUT2D eigenvalue weighted by molar-refractivity contribution is 7.89. The third-order valence-corrected chi connectivity index (χ3v) is 7.32. The molecule has 26 heavy (non-hydrogen) atoms. The smallest absolute Gasteiger partial charge is 0.247 e. The first-order chi connectivity index (χ1) is 12.4. The molecule has 0 saturated heterocycles. The number of fused-ring (bicyclic) bond motifs is 1. The normalized spacial score (nSPS) is 21.1. The summed E-state index contributed by atoms with van der Waals surface area (Å²) in [5, 5.41) is 8.65. The first kappa shape index (κ1) is 17.7. The summed E-state index contributed by atoms with van der Waals surface area (Å²) in [6.45, 7) is 5.43. The molecule has 1 aliphatic carbocycles. The minimum atomic E-state index is -3.63. The highest BCUT2D eigenvalue weighted by atomic mass is 32.2. The number of sulfonamides is 1. The van der Waals surface area contributed by atoms with Crippen LogP contribution in [0, 0.1) is 19.8 Å². The van der Waals surface area contributed by atoms with E-state index in [0.29, 0.717) is 41.9 Å². The van der Waals surface area contributed by atoms with Crippen molar-refractivity contribution in [3.63, 3.8) is 0 Å². The Kier molecular flexibility index (Phi) is 4.40. The summed E-state index contributed by atoms with van der Waals surface area (Å²) in [6.07, 6.45) is 4.19. The second kappa shape index (κ2) is 6.47. The lowest BCUT2D eigenvalue weighted by molar-refractivity contribution is 0.0744. The predicted molar refractivity (Wildman–Crippen MR) is 95.1 cm³/mol. The minimum Gasteiger partial charge on any atom is -0.379 e. The Hall–Kier alpha value is -1.71. The third-order valence-electron chi connectivity index (χ3n) is 5.25. The standard InChI is InChI=1S/C17H25N5O3S/c1-12-17(13(2)20(3)19-12)26(23,24)21-8-15-6-7-18-22(15)16(9-21)11-25-10-14-4-5-14/h6-7,14,16H,4-5,8-11H2,1-3H3/t16-/m0/s1. The maximum Gasteiger partial charge on any atom is 0.247 e. The molecule has 0 amide bonds. The molecule has 0 aromatic carbocycles. The molecule has 8 nitrogen and oxygen atoms in total. The predicted octanol–water partition coefficient (Wildman–Crippen LogP) is 1.41. The van der Waals surface area contributed by atoms with Gasteiger partial charge >= 0.3 is 0 Å². The Bertz CT molecular complexity index is 913. The molecule has 0 bridgehead atoms. The number of hydrogen-bond donors (Lipinski definition) is 0. The molecule has 1 atom stereocenters. The van der Waals surface area contributed by atoms with E-state index in [1.165, 1.54) is 17.1 Å². The SMILES string of the molecule is Cc1nn(C)c(C)c1S(=O)(=O)N1Cc2ccnn2[C@H](COCC2CC2)C1. The van der Waals surface area contributed by atoms with Crippen molar-refractivity contribution in [2.24, 2.45) is 13.0 Å². The van der Waals surface area contributed by atoms with E-state index in [4.69, 9.17) is 4.74 Å². The number of nitrogens with zero attached hydrogens (tertiary/aromatic N) is 5. The third kappa shape index (κ3) is 3.08. The lowest BCUT2D eigenvalue weighted by Gasteiger charge is -2.33. The van der Waals surface area contributed by atoms with Crippen molar-refractivity contribution < 1.29 is 13.2 Å². The van der Waals surface area contributed by atoms with E-state index in [0.717, 1.165) is 12.3 Å². The summed E-state index contributed by atoms with van der Waals surface area (Å²) in [5.41, 5.74) is 2.08. The number of hydrogen-bond acceptors (Lipinski definition) is 5. The molecule has 0 N–H and O–H groups in total. The molecule has 142 valence electrons. The Balaban J connectivity index is 1.60. The fourth-order valence-corrected chi connectivity index (χ4v) is 5.42. The summed E-state index contributed by atoms with van der Waals surface area (Å²) in [7, 11) is -1.87. The topological polar surface area (TPSA) is 82.3 Å². The summed E-state index contributed by atoms with van der Waals surface area (Å²) in [4.78, 5) is 0.311. The van der Waals surface area contributed by atoms with Gasteiger partial charge in [0.15, 0.2) is 0 Å². The quantitative estimate of drug-likeness (QED) is 0.758. The van der Waals surface area contributed by atoms with Crippen molar-refractivity contribution in [2.45, 2.75) is 44.2 Å². The van der Waals surface area contributed by atoms with Gasteiger partial charge in [-0.25, -0.2) is 8.42 Å². The average molecular weight is 379 g/mol. The van der Waals surface area contributed by atoms with E-state index in [1.807, 2.05) is 10.7 Å². The zero-order valence-electron chi connectivity index (χ0n) is 15.4. The number of rotatable bonds is 6. The van der Waals surface area contributed by atoms with Gasteiger partial charge in [0.05, 0.1) is 36.3 Å². The van der Waals surface area contributed by atoms with E-state index >= 15 is 0 Å². The van der Waals surface area contributed by atoms with Crippen molar-refractivity contribution in [1.82, 2.24) is 23.9 Å². The number of aromatic nitrogens is 4. The second-order valence-electron chi connectivity index (χ2n) is 7.32. The monoisotopic (exact) mass is 379 g/mol. The zero-order valence-corrected chi connectivity index (χ0v) is 16.2. The van der Waals surface area contributed by atoms with Gasteiger partial charge in [0, 0.05) is 26.4 Å². The lowest BCUT2D eigenvalue weighted by Crippen LogP contribution is -2.43. The van der Waals surface area contributed by atoms with E-state index in [-0.39, 0.29) is 6.04 Å². The first-order valence-electron chi connectivity index (χ1n) is 8.98. The lowest BCUT2D eigenvalue weighted by atomic mass is 10.2. The zero-order chi connectivity index (χ0) is 18.5. The van der Waals surface area contributed by atoms with Crippen LogP contribution in [0.3, 0.4) is 0 Å². The summed E-state index contributed by atoms with van der Waals surface area (Å²) in [5.74, 6) is 0.677. The molecule has 3 heterocycles. The Morgan fingerprint density at radius 2 is 2.04 bits per heavy atom. The van der Waals surface area contributed by atoms with E-state index in [1.54, 1.807) is 31.8 Å². The van der Waals surface area contributed by atoms with Crippen LogP contribution in [0.5, 0.6) is 0 Å². The van der Waals surface area contributed by atoms with Crippen LogP contribution < -0.4 is 0 Å². The molecule has 1 saturated carbocycles. The van der Waals surface area contributed by atoms with Crippen LogP contribution >= 0.6 is 0 Å². The van der Waals surface area contributed by atoms with Crippen LogP contribution in [-0.2, 0) is 28.4 Å². The minimum absolute atomic E-state index is 0.112. The molecule has 4 rings (SSSR count). The highest BCUT2D eigenvalue weighted by Gasteiger charge is 2.37. The summed E-state index contributed by atoms with van der Waals surface area (Å²) >= 11 is 0. The van der Waals surface area contributed by atoms with Crippen LogP contribution in [0.2, 0.25) is 0 Å². The fraction of sp³-hybridized carbons (Fsp3) is 0.647. The molecule has 0 unspecified atom stereocenters. The van der Waals surface area contributed by atoms with Gasteiger partial charge in [-0.05, 0) is 38.7 Å². The fourth-order valence-electron chi connectivity index (χ4n) is 3.57. The molecular weight excluding hydrogens is 354 g/mol. The van der Waals surface area contributed by atoms with Crippen molar-refractivity contribution in [3.05, 3.63) is 29.3 Å². The maximum absolute atomic E-state index is 13.3. The largest absolute Gasteiger partial charge is 0.379 e. The van der Waals surface area contributed by atoms with E-state index in [2.05, 4.69) is 10.2 Å². The van der Waals surface area contributed by atoms with Gasteiger partial charge in [-0.1, -0.05) is 0 Å². The van der Waals surface area contributed by atoms with Gasteiger partial charge in [0.1, 0.15) is 4.90 Å². The first-order valence-corrected chi connectivity index (χ1v) is 10.4. The molecule has 1 fully saturated rings. The number of ether oxygens (including phenoxy) is 1. The van der Waals surface area contributed by atoms with Crippen molar-refractivity contribution >= 4 is 10.0 Å². The van der Waals surface area contributed by atoms with Crippen LogP contribution in [-0.4, -0.2) is 52.0 Å². The highest BCUT2D eigenvalue weighted by Crippen LogP contribution is 2.31. The van der Waals surface area contributed by atoms with Crippen molar-refractivity contribution in [2.75, 3.05) is 19.8 Å². The second-order valence-corrected chi connectivity index (χ2v) is 9.20. The Morgan fingerprint density at radius 3 is 2.69 bits per heavy atom. The van der Waals surface area contributed by atoms with Crippen LogP contribution in [0.25, 0.3) is 0 Å². The Labute approximate surface area is 153 Å². The molecule has 0 spiro atoms. The van der Waals surface area contributed by atoms with Gasteiger partial charge in [-0.3, -0.25) is 9.36 Å².